The van der Waals surface area contributed by atoms with Crippen LogP contribution >= 0.6 is 11.6 Å². The largest absolute Gasteiger partial charge is 0.378 e. The van der Waals surface area contributed by atoms with Gasteiger partial charge in [-0.25, -0.2) is 4.98 Å². The van der Waals surface area contributed by atoms with Gasteiger partial charge in [0.25, 0.3) is 11.5 Å². The average molecular weight is 514 g/mol. The number of aromatic nitrogens is 4. The van der Waals surface area contributed by atoms with Crippen LogP contribution in [0.5, 0.6) is 0 Å². The molecule has 1 aliphatic heterocycles. The second-order valence-corrected chi connectivity index (χ2v) is 10.0. The summed E-state index contributed by atoms with van der Waals surface area (Å²) >= 11 is 6.01. The van der Waals surface area contributed by atoms with Crippen LogP contribution in [-0.2, 0) is 23.2 Å². The molecule has 4 heterocycles. The normalized spacial score (nSPS) is 16.6. The number of nitrogens with zero attached hydrogens (tertiary/aromatic N) is 4. The fourth-order valence-electron chi connectivity index (χ4n) is 5.01. The molecule has 37 heavy (non-hydrogen) atoms. The van der Waals surface area contributed by atoms with Crippen LogP contribution in [0.2, 0.25) is 5.02 Å². The third kappa shape index (κ3) is 4.32. The molecule has 4 aromatic rings. The zero-order valence-corrected chi connectivity index (χ0v) is 20.7. The number of rotatable bonds is 5. The minimum absolute atomic E-state index is 0.0967. The molecule has 0 unspecified atom stereocenters. The van der Waals surface area contributed by atoms with E-state index in [9.17, 15) is 14.7 Å². The van der Waals surface area contributed by atoms with Crippen molar-refractivity contribution >= 4 is 17.5 Å². The van der Waals surface area contributed by atoms with Gasteiger partial charge in [-0.15, -0.1) is 0 Å². The van der Waals surface area contributed by atoms with E-state index in [4.69, 9.17) is 16.6 Å². The number of fused-ring (bicyclic) bond motifs is 1. The monoisotopic (exact) mass is 513 g/mol. The van der Waals surface area contributed by atoms with Crippen LogP contribution in [0, 0.1) is 0 Å². The summed E-state index contributed by atoms with van der Waals surface area (Å²) in [5.41, 5.74) is 3.89. The molecule has 0 saturated heterocycles. The number of pyridine rings is 2. The van der Waals surface area contributed by atoms with E-state index in [1.165, 1.54) is 4.90 Å². The van der Waals surface area contributed by atoms with Gasteiger partial charge in [0, 0.05) is 53.9 Å². The molecule has 0 bridgehead atoms. The Labute approximate surface area is 218 Å². The Morgan fingerprint density at radius 2 is 1.92 bits per heavy atom. The van der Waals surface area contributed by atoms with Gasteiger partial charge < -0.3 is 15.0 Å². The molecule has 2 N–H and O–H groups in total. The van der Waals surface area contributed by atoms with E-state index in [-0.39, 0.29) is 17.5 Å². The minimum Gasteiger partial charge on any atom is -0.378 e. The Morgan fingerprint density at radius 1 is 1.08 bits per heavy atom. The van der Waals surface area contributed by atoms with Gasteiger partial charge in [-0.3, -0.25) is 19.6 Å². The van der Waals surface area contributed by atoms with Gasteiger partial charge in [-0.2, -0.15) is 0 Å². The minimum atomic E-state index is -1.35. The number of aliphatic hydroxyl groups excluding tert-OH is 1. The van der Waals surface area contributed by atoms with Crippen LogP contribution < -0.4 is 5.56 Å². The van der Waals surface area contributed by atoms with E-state index in [1.54, 1.807) is 36.7 Å². The smallest absolute Gasteiger partial charge is 0.256 e. The number of H-pyrrole nitrogens is 1. The predicted octanol–water partition coefficient (Wildman–Crippen LogP) is 3.58. The molecule has 1 aromatic carbocycles. The van der Waals surface area contributed by atoms with Crippen molar-refractivity contribution < 1.29 is 9.90 Å². The van der Waals surface area contributed by atoms with Crippen molar-refractivity contribution in [3.8, 4) is 11.1 Å². The van der Waals surface area contributed by atoms with E-state index >= 15 is 0 Å². The molecule has 1 saturated carbocycles. The van der Waals surface area contributed by atoms with E-state index in [2.05, 4.69) is 21.0 Å². The summed E-state index contributed by atoms with van der Waals surface area (Å²) < 4.78 is 0. The molecule has 1 aliphatic carbocycles. The maximum Gasteiger partial charge on any atom is 0.256 e. The highest BCUT2D eigenvalue weighted by Gasteiger charge is 2.49. The fourth-order valence-corrected chi connectivity index (χ4v) is 5.21. The Balaban J connectivity index is 1.27. The van der Waals surface area contributed by atoms with E-state index < -0.39 is 12.0 Å². The molecule has 1 amide bonds. The number of carbonyl (C=O) groups is 1. The van der Waals surface area contributed by atoms with Crippen molar-refractivity contribution in [3.05, 3.63) is 111 Å². The third-order valence-corrected chi connectivity index (χ3v) is 7.50. The molecule has 186 valence electrons. The zero-order chi connectivity index (χ0) is 25.6. The van der Waals surface area contributed by atoms with Gasteiger partial charge in [0.15, 0.2) is 6.10 Å². The van der Waals surface area contributed by atoms with Gasteiger partial charge in [-0.1, -0.05) is 29.8 Å². The number of hydrogen-bond donors (Lipinski definition) is 2. The van der Waals surface area contributed by atoms with Gasteiger partial charge >= 0.3 is 0 Å². The summed E-state index contributed by atoms with van der Waals surface area (Å²) in [6, 6.07) is 12.6. The lowest BCUT2D eigenvalue weighted by molar-refractivity contribution is -0.141. The fraction of sp³-hybridized carbons (Fsp3) is 0.250. The molecule has 2 aliphatic rings. The Kier molecular flexibility index (Phi) is 5.85. The summed E-state index contributed by atoms with van der Waals surface area (Å²) in [5.74, 6) is 0.175. The Bertz CT molecular complexity index is 1550. The van der Waals surface area contributed by atoms with Crippen LogP contribution in [0.4, 0.5) is 0 Å². The van der Waals surface area contributed by atoms with Crippen LogP contribution in [0.25, 0.3) is 11.1 Å². The first-order chi connectivity index (χ1) is 17.9. The van der Waals surface area contributed by atoms with Gasteiger partial charge in [0.2, 0.25) is 0 Å². The van der Waals surface area contributed by atoms with Crippen molar-refractivity contribution in [1.82, 2.24) is 24.8 Å². The SMILES string of the molecule is O=C([C@H](O)c1cccc(Cl)c1)N1CCc2nc(C3(c4cncc(-c5cccnc5)c4)CC3)[nH]c(=O)c2C1. The lowest BCUT2D eigenvalue weighted by Crippen LogP contribution is -2.42. The maximum atomic E-state index is 13.2. The lowest BCUT2D eigenvalue weighted by Gasteiger charge is -2.30. The molecule has 1 atom stereocenters. The predicted molar refractivity (Wildman–Crippen MR) is 138 cm³/mol. The van der Waals surface area contributed by atoms with E-state index in [1.807, 2.05) is 24.5 Å². The van der Waals surface area contributed by atoms with Crippen molar-refractivity contribution in [2.24, 2.45) is 0 Å². The average Bonchev–Trinajstić information content (AvgIpc) is 3.75. The first-order valence-electron chi connectivity index (χ1n) is 12.2. The first kappa shape index (κ1) is 23.5. The molecule has 0 radical (unpaired) electrons. The van der Waals surface area contributed by atoms with Crippen molar-refractivity contribution in [3.63, 3.8) is 0 Å². The zero-order valence-electron chi connectivity index (χ0n) is 19.9. The quantitative estimate of drug-likeness (QED) is 0.422. The Morgan fingerprint density at radius 3 is 2.68 bits per heavy atom. The molecular weight excluding hydrogens is 490 g/mol. The summed E-state index contributed by atoms with van der Waals surface area (Å²) in [4.78, 5) is 44.2. The summed E-state index contributed by atoms with van der Waals surface area (Å²) in [7, 11) is 0. The van der Waals surface area contributed by atoms with Crippen LogP contribution in [0.3, 0.4) is 0 Å². The molecule has 3 aromatic heterocycles. The highest BCUT2D eigenvalue weighted by atomic mass is 35.5. The second-order valence-electron chi connectivity index (χ2n) is 9.59. The number of aliphatic hydroxyl groups is 1. The van der Waals surface area contributed by atoms with Gasteiger partial charge in [0.1, 0.15) is 5.82 Å². The number of hydrogen-bond acceptors (Lipinski definition) is 6. The highest BCUT2D eigenvalue weighted by molar-refractivity contribution is 6.30. The summed E-state index contributed by atoms with van der Waals surface area (Å²) in [6.07, 6.45) is 8.00. The number of amides is 1. The standard InChI is InChI=1S/C28H24ClN5O3/c29-21-5-1-3-17(12-21)24(35)26(37)34-10-6-23-22(16-34)25(36)33-27(32-23)28(7-8-28)20-11-19(14-31-15-20)18-4-2-9-30-13-18/h1-5,9,11-15,24,35H,6-8,10,16H2,(H,32,33,36)/t24-/m1/s1. The third-order valence-electron chi connectivity index (χ3n) is 7.27. The summed E-state index contributed by atoms with van der Waals surface area (Å²) in [5, 5.41) is 11.1. The molecule has 1 fully saturated rings. The Hall–Kier alpha value is -3.88. The maximum absolute atomic E-state index is 13.2. The van der Waals surface area contributed by atoms with Crippen LogP contribution in [-0.4, -0.2) is 42.4 Å². The van der Waals surface area contributed by atoms with Crippen LogP contribution in [0.1, 0.15) is 47.2 Å². The van der Waals surface area contributed by atoms with Crippen molar-refractivity contribution in [2.45, 2.75) is 37.3 Å². The molecule has 0 spiro atoms. The first-order valence-corrected chi connectivity index (χ1v) is 12.5. The molecular formula is C28H24ClN5O3. The number of carbonyl (C=O) groups excluding carboxylic acids is 1. The molecule has 6 rings (SSSR count). The number of benzene rings is 1. The second kappa shape index (κ2) is 9.21. The number of halogens is 1. The van der Waals surface area contributed by atoms with Crippen molar-refractivity contribution in [1.29, 1.82) is 0 Å². The number of aromatic amines is 1. The van der Waals surface area contributed by atoms with E-state index in [0.29, 0.717) is 40.6 Å². The molecule has 9 heteroatoms. The van der Waals surface area contributed by atoms with Crippen molar-refractivity contribution in [2.75, 3.05) is 6.54 Å². The topological polar surface area (TPSA) is 112 Å². The number of nitrogens with one attached hydrogen (secondary N) is 1. The lowest BCUT2D eigenvalue weighted by atomic mass is 9.93. The van der Waals surface area contributed by atoms with Gasteiger partial charge in [-0.05, 0) is 48.2 Å². The van der Waals surface area contributed by atoms with E-state index in [0.717, 1.165) is 29.5 Å². The van der Waals surface area contributed by atoms with Crippen LogP contribution in [0.15, 0.2) is 72.0 Å². The molecule has 8 nitrogen and oxygen atoms in total. The highest BCUT2D eigenvalue weighted by Crippen LogP contribution is 2.52. The van der Waals surface area contributed by atoms with Gasteiger partial charge in [0.05, 0.1) is 23.2 Å². The summed E-state index contributed by atoms with van der Waals surface area (Å²) in [6.45, 7) is 0.462.